The van der Waals surface area contributed by atoms with Crippen LogP contribution in [0.25, 0.3) is 83.6 Å². The number of nitrogens with zero attached hydrogens (tertiary/aromatic N) is 4. The fraction of sp³-hybridized carbons (Fsp3) is 0.0600. The summed E-state index contributed by atoms with van der Waals surface area (Å²) in [4.78, 5) is 10.3. The molecule has 4 nitrogen and oxygen atoms in total. The maximum absolute atomic E-state index is 9.62. The highest BCUT2D eigenvalue weighted by Gasteiger charge is 2.38. The Bertz CT molecular complexity index is 2890. The van der Waals surface area contributed by atoms with E-state index >= 15 is 0 Å². The maximum atomic E-state index is 9.62. The van der Waals surface area contributed by atoms with Gasteiger partial charge in [0.05, 0.1) is 34.1 Å². The minimum Gasteiger partial charge on any atom is -0.309 e. The molecule has 0 saturated carbocycles. The summed E-state index contributed by atoms with van der Waals surface area (Å²) in [5, 5.41) is 12.1. The van der Waals surface area contributed by atoms with E-state index in [9.17, 15) is 5.26 Å². The Kier molecular flexibility index (Phi) is 7.18. The van der Waals surface area contributed by atoms with E-state index in [0.29, 0.717) is 11.4 Å². The first-order valence-corrected chi connectivity index (χ1v) is 18.3. The predicted octanol–water partition coefficient (Wildman–Crippen LogP) is 12.4. The first-order valence-electron chi connectivity index (χ1n) is 18.3. The van der Waals surface area contributed by atoms with Crippen molar-refractivity contribution in [1.82, 2.24) is 14.5 Å². The number of para-hydroxylation sites is 1. The first-order chi connectivity index (χ1) is 26.5. The summed E-state index contributed by atoms with van der Waals surface area (Å²) in [6.45, 7) is 4.71. The summed E-state index contributed by atoms with van der Waals surface area (Å²) in [5.41, 5.74) is 15.8. The summed E-state index contributed by atoms with van der Waals surface area (Å²) >= 11 is 0. The van der Waals surface area contributed by atoms with Gasteiger partial charge in [-0.2, -0.15) is 5.26 Å². The third kappa shape index (κ3) is 4.98. The van der Waals surface area contributed by atoms with E-state index in [4.69, 9.17) is 9.97 Å². The van der Waals surface area contributed by atoms with Crippen LogP contribution in [-0.4, -0.2) is 14.5 Å². The lowest BCUT2D eigenvalue weighted by atomic mass is 9.81. The largest absolute Gasteiger partial charge is 0.309 e. The monoisotopic (exact) mass is 690 g/mol. The number of nitriles is 1. The molecule has 0 aliphatic heterocycles. The van der Waals surface area contributed by atoms with Crippen LogP contribution < -0.4 is 0 Å². The summed E-state index contributed by atoms with van der Waals surface area (Å²) in [5.74, 6) is 0.673. The highest BCUT2D eigenvalue weighted by molar-refractivity contribution is 6.13. The molecule has 54 heavy (non-hydrogen) atoms. The Morgan fingerprint density at radius 1 is 0.519 bits per heavy atom. The molecule has 0 bridgehead atoms. The van der Waals surface area contributed by atoms with Crippen LogP contribution in [0.5, 0.6) is 0 Å². The minimum absolute atomic E-state index is 0.215. The normalized spacial score (nSPS) is 12.8. The number of rotatable bonds is 5. The molecule has 0 unspecified atom stereocenters. The molecule has 1 aliphatic rings. The van der Waals surface area contributed by atoms with Crippen molar-refractivity contribution in [2.45, 2.75) is 19.3 Å². The van der Waals surface area contributed by atoms with Gasteiger partial charge in [-0.05, 0) is 75.8 Å². The van der Waals surface area contributed by atoms with Crippen molar-refractivity contribution < 1.29 is 0 Å². The Balaban J connectivity index is 1.29. The van der Waals surface area contributed by atoms with Crippen LogP contribution in [0.3, 0.4) is 0 Å². The number of aromatic nitrogens is 3. The molecular weight excluding hydrogens is 657 g/mol. The summed E-state index contributed by atoms with van der Waals surface area (Å²) in [6, 6.07) is 61.7. The third-order valence-corrected chi connectivity index (χ3v) is 11.0. The van der Waals surface area contributed by atoms with E-state index in [0.717, 1.165) is 50.4 Å². The van der Waals surface area contributed by atoms with Gasteiger partial charge in [-0.15, -0.1) is 0 Å². The first kappa shape index (κ1) is 31.6. The molecule has 0 radical (unpaired) electrons. The zero-order valence-electron chi connectivity index (χ0n) is 30.0. The van der Waals surface area contributed by atoms with E-state index in [2.05, 4.69) is 134 Å². The van der Waals surface area contributed by atoms with Gasteiger partial charge in [0.25, 0.3) is 0 Å². The second kappa shape index (κ2) is 12.3. The molecule has 254 valence electrons. The SMILES string of the molecule is CC1(C)c2ccccc2-c2ccc3c4ccccc4n(-c4cc(-c5ccc(C#N)cc5)cc(-c5cc(-c6ccccc6)nc(-c6ccccc6)n5)c4)c3c21. The molecule has 2 aromatic heterocycles. The van der Waals surface area contributed by atoms with Crippen molar-refractivity contribution in [2.75, 3.05) is 0 Å². The highest BCUT2D eigenvalue weighted by atomic mass is 15.0. The van der Waals surface area contributed by atoms with Crippen LogP contribution in [0.4, 0.5) is 0 Å². The molecule has 0 fully saturated rings. The van der Waals surface area contributed by atoms with Crippen LogP contribution in [0.2, 0.25) is 0 Å². The second-order valence-corrected chi connectivity index (χ2v) is 14.6. The van der Waals surface area contributed by atoms with Crippen molar-refractivity contribution in [1.29, 1.82) is 5.26 Å². The van der Waals surface area contributed by atoms with Crippen molar-refractivity contribution >= 4 is 21.8 Å². The van der Waals surface area contributed by atoms with E-state index in [1.807, 2.05) is 60.7 Å². The highest BCUT2D eigenvalue weighted by Crippen LogP contribution is 2.53. The zero-order chi connectivity index (χ0) is 36.4. The van der Waals surface area contributed by atoms with Gasteiger partial charge in [-0.1, -0.05) is 141 Å². The van der Waals surface area contributed by atoms with Crippen LogP contribution in [-0.2, 0) is 5.41 Å². The van der Waals surface area contributed by atoms with Gasteiger partial charge in [0.15, 0.2) is 5.82 Å². The molecule has 0 N–H and O–H groups in total. The van der Waals surface area contributed by atoms with E-state index in [-0.39, 0.29) is 5.41 Å². The lowest BCUT2D eigenvalue weighted by Crippen LogP contribution is -2.16. The zero-order valence-corrected chi connectivity index (χ0v) is 30.0. The molecule has 10 rings (SSSR count). The number of hydrogen-bond acceptors (Lipinski definition) is 3. The molecule has 0 amide bonds. The second-order valence-electron chi connectivity index (χ2n) is 14.6. The maximum Gasteiger partial charge on any atom is 0.160 e. The Hall–Kier alpha value is -7.09. The van der Waals surface area contributed by atoms with E-state index in [1.165, 1.54) is 38.5 Å². The van der Waals surface area contributed by atoms with Gasteiger partial charge in [0.1, 0.15) is 0 Å². The summed E-state index contributed by atoms with van der Waals surface area (Å²) in [6.07, 6.45) is 0. The number of benzene rings is 7. The Morgan fingerprint density at radius 2 is 1.17 bits per heavy atom. The molecule has 1 aliphatic carbocycles. The van der Waals surface area contributed by atoms with E-state index < -0.39 is 0 Å². The van der Waals surface area contributed by atoms with Gasteiger partial charge < -0.3 is 4.57 Å². The van der Waals surface area contributed by atoms with Crippen molar-refractivity contribution in [3.63, 3.8) is 0 Å². The molecule has 0 spiro atoms. The molecule has 0 saturated heterocycles. The standard InChI is InChI=1S/C50H34N4/c1-50(2)43-19-11-9-17-39(43)41-25-26-42-40-18-10-12-20-46(40)54(48(42)47(41)50)38-28-36(33-23-21-32(31-51)22-24-33)27-37(29-38)45-30-44(34-13-5-3-6-14-34)52-49(53-45)35-15-7-4-8-16-35/h3-30H,1-2H3. The smallest absolute Gasteiger partial charge is 0.160 e. The van der Waals surface area contributed by atoms with Crippen molar-refractivity contribution in [3.05, 3.63) is 187 Å². The van der Waals surface area contributed by atoms with Crippen molar-refractivity contribution in [3.8, 4) is 67.9 Å². The molecule has 7 aromatic carbocycles. The average Bonchev–Trinajstić information content (AvgIpc) is 3.69. The lowest BCUT2D eigenvalue weighted by molar-refractivity contribution is 0.664. The predicted molar refractivity (Wildman–Crippen MR) is 220 cm³/mol. The molecular formula is C50H34N4. The number of fused-ring (bicyclic) bond motifs is 7. The van der Waals surface area contributed by atoms with Crippen LogP contribution >= 0.6 is 0 Å². The van der Waals surface area contributed by atoms with Gasteiger partial charge in [0.2, 0.25) is 0 Å². The molecule has 0 atom stereocenters. The van der Waals surface area contributed by atoms with E-state index in [1.54, 1.807) is 0 Å². The Morgan fingerprint density at radius 3 is 1.93 bits per heavy atom. The quantitative estimate of drug-likeness (QED) is 0.181. The van der Waals surface area contributed by atoms with Gasteiger partial charge in [0, 0.05) is 38.6 Å². The average molecular weight is 691 g/mol. The third-order valence-electron chi connectivity index (χ3n) is 11.0. The molecule has 9 aromatic rings. The molecule has 2 heterocycles. The van der Waals surface area contributed by atoms with Crippen LogP contribution in [0.1, 0.15) is 30.5 Å². The van der Waals surface area contributed by atoms with Gasteiger partial charge in [-0.25, -0.2) is 9.97 Å². The summed E-state index contributed by atoms with van der Waals surface area (Å²) in [7, 11) is 0. The van der Waals surface area contributed by atoms with Crippen LogP contribution in [0.15, 0.2) is 170 Å². The summed E-state index contributed by atoms with van der Waals surface area (Å²) < 4.78 is 2.46. The minimum atomic E-state index is -0.215. The van der Waals surface area contributed by atoms with Gasteiger partial charge in [-0.3, -0.25) is 0 Å². The fourth-order valence-electron chi connectivity index (χ4n) is 8.44. The van der Waals surface area contributed by atoms with Gasteiger partial charge >= 0.3 is 0 Å². The van der Waals surface area contributed by atoms with Crippen LogP contribution in [0, 0.1) is 11.3 Å². The molecule has 4 heteroatoms. The number of hydrogen-bond donors (Lipinski definition) is 0. The Labute approximate surface area is 314 Å². The topological polar surface area (TPSA) is 54.5 Å². The lowest BCUT2D eigenvalue weighted by Gasteiger charge is -2.24. The van der Waals surface area contributed by atoms with Crippen molar-refractivity contribution in [2.24, 2.45) is 0 Å². The fourth-order valence-corrected chi connectivity index (χ4v) is 8.44.